The van der Waals surface area contributed by atoms with Crippen LogP contribution < -0.4 is 10.6 Å². The number of nitrogen functional groups attached to an aromatic ring is 1. The van der Waals surface area contributed by atoms with Gasteiger partial charge in [-0.25, -0.2) is 0 Å². The van der Waals surface area contributed by atoms with E-state index in [9.17, 15) is 4.79 Å². The third-order valence-corrected chi connectivity index (χ3v) is 4.48. The second kappa shape index (κ2) is 5.56. The number of nitrogens with two attached hydrogens (primary N) is 1. The van der Waals surface area contributed by atoms with Crippen LogP contribution in [0.2, 0.25) is 0 Å². The van der Waals surface area contributed by atoms with Crippen molar-refractivity contribution >= 4 is 17.3 Å². The van der Waals surface area contributed by atoms with Gasteiger partial charge in [-0.1, -0.05) is 0 Å². The number of amides is 1. The Morgan fingerprint density at radius 2 is 2.19 bits per heavy atom. The van der Waals surface area contributed by atoms with Gasteiger partial charge in [-0.15, -0.1) is 0 Å². The first-order valence-corrected chi connectivity index (χ1v) is 7.57. The zero-order valence-corrected chi connectivity index (χ0v) is 12.7. The van der Waals surface area contributed by atoms with Gasteiger partial charge in [0.1, 0.15) is 0 Å². The molecule has 0 spiro atoms. The van der Waals surface area contributed by atoms with E-state index >= 15 is 0 Å². The van der Waals surface area contributed by atoms with Crippen LogP contribution in [0.25, 0.3) is 0 Å². The number of fused-ring (bicyclic) bond motifs is 1. The average molecular weight is 289 g/mol. The lowest BCUT2D eigenvalue weighted by atomic mass is 10.1. The summed E-state index contributed by atoms with van der Waals surface area (Å²) in [5, 5.41) is 0. The summed E-state index contributed by atoms with van der Waals surface area (Å²) < 4.78 is 5.79. The average Bonchev–Trinajstić information content (AvgIpc) is 2.94. The Bertz CT molecular complexity index is 544. The van der Waals surface area contributed by atoms with Gasteiger partial charge in [-0.05, 0) is 37.5 Å². The molecule has 114 valence electrons. The molecule has 2 atom stereocenters. The summed E-state index contributed by atoms with van der Waals surface area (Å²) >= 11 is 0. The van der Waals surface area contributed by atoms with Crippen LogP contribution in [0.1, 0.15) is 29.6 Å². The van der Waals surface area contributed by atoms with Crippen LogP contribution in [0.5, 0.6) is 0 Å². The lowest BCUT2D eigenvalue weighted by molar-refractivity contribution is -0.0445. The number of anilines is 2. The van der Waals surface area contributed by atoms with E-state index in [0.717, 1.165) is 24.9 Å². The van der Waals surface area contributed by atoms with Crippen LogP contribution in [0, 0.1) is 0 Å². The van der Waals surface area contributed by atoms with Crippen LogP contribution in [0.4, 0.5) is 11.4 Å². The number of benzene rings is 1. The van der Waals surface area contributed by atoms with E-state index in [-0.39, 0.29) is 18.1 Å². The van der Waals surface area contributed by atoms with E-state index in [1.54, 1.807) is 6.07 Å². The number of hydrogen-bond acceptors (Lipinski definition) is 4. The van der Waals surface area contributed by atoms with Gasteiger partial charge in [0.15, 0.2) is 0 Å². The highest BCUT2D eigenvalue weighted by molar-refractivity contribution is 6.01. The van der Waals surface area contributed by atoms with Crippen LogP contribution in [0.3, 0.4) is 0 Å². The maximum Gasteiger partial charge on any atom is 0.256 e. The second-order valence-electron chi connectivity index (χ2n) is 6.08. The molecule has 1 saturated carbocycles. The van der Waals surface area contributed by atoms with Gasteiger partial charge in [-0.2, -0.15) is 0 Å². The van der Waals surface area contributed by atoms with E-state index in [4.69, 9.17) is 10.5 Å². The molecular weight excluding hydrogens is 266 g/mol. The number of hydrogen-bond donors (Lipinski definition) is 1. The fraction of sp³-hybridized carbons (Fsp3) is 0.562. The Kier molecular flexibility index (Phi) is 3.76. The number of carbonyl (C=O) groups is 1. The Morgan fingerprint density at radius 1 is 1.38 bits per heavy atom. The van der Waals surface area contributed by atoms with E-state index in [2.05, 4.69) is 0 Å². The molecular formula is C16H23N3O2. The minimum Gasteiger partial charge on any atom is -0.399 e. The van der Waals surface area contributed by atoms with Gasteiger partial charge in [0.2, 0.25) is 0 Å². The monoisotopic (exact) mass is 289 g/mol. The van der Waals surface area contributed by atoms with Gasteiger partial charge < -0.3 is 20.3 Å². The summed E-state index contributed by atoms with van der Waals surface area (Å²) in [4.78, 5) is 17.0. The van der Waals surface area contributed by atoms with Crippen LogP contribution in [0.15, 0.2) is 18.2 Å². The molecule has 1 saturated heterocycles. The standard InChI is InChI=1S/C16H23N3O2/c1-18(2)13-7-6-11(17)10-12(13)16(20)19-8-9-21-15-5-3-4-14(15)19/h6-7,10,14-15H,3-5,8-9,17H2,1-2H3. The second-order valence-corrected chi connectivity index (χ2v) is 6.08. The number of nitrogens with zero attached hydrogens (tertiary/aromatic N) is 2. The molecule has 3 rings (SSSR count). The molecule has 5 nitrogen and oxygen atoms in total. The molecule has 1 aliphatic heterocycles. The number of carbonyl (C=O) groups excluding carboxylic acids is 1. The molecule has 1 aliphatic carbocycles. The number of ether oxygens (including phenoxy) is 1. The first-order chi connectivity index (χ1) is 10.1. The molecule has 2 N–H and O–H groups in total. The van der Waals surface area contributed by atoms with Crippen molar-refractivity contribution in [2.75, 3.05) is 37.9 Å². The largest absolute Gasteiger partial charge is 0.399 e. The topological polar surface area (TPSA) is 58.8 Å². The molecule has 2 aliphatic rings. The van der Waals surface area contributed by atoms with Crippen molar-refractivity contribution in [3.8, 4) is 0 Å². The Morgan fingerprint density at radius 3 is 2.95 bits per heavy atom. The predicted octanol–water partition coefficient (Wildman–Crippen LogP) is 1.73. The predicted molar refractivity (Wildman–Crippen MR) is 83.6 cm³/mol. The highest BCUT2D eigenvalue weighted by Crippen LogP contribution is 2.32. The summed E-state index contributed by atoms with van der Waals surface area (Å²) in [6, 6.07) is 5.76. The molecule has 21 heavy (non-hydrogen) atoms. The molecule has 1 heterocycles. The van der Waals surface area contributed by atoms with Gasteiger partial charge >= 0.3 is 0 Å². The Hall–Kier alpha value is -1.75. The van der Waals surface area contributed by atoms with Crippen molar-refractivity contribution < 1.29 is 9.53 Å². The smallest absolute Gasteiger partial charge is 0.256 e. The zero-order chi connectivity index (χ0) is 15.0. The van der Waals surface area contributed by atoms with Crippen molar-refractivity contribution in [3.63, 3.8) is 0 Å². The van der Waals surface area contributed by atoms with Crippen LogP contribution in [-0.2, 0) is 4.74 Å². The number of rotatable bonds is 2. The van der Waals surface area contributed by atoms with Crippen LogP contribution in [-0.4, -0.2) is 50.2 Å². The molecule has 1 aromatic carbocycles. The Balaban J connectivity index is 1.92. The molecule has 0 radical (unpaired) electrons. The summed E-state index contributed by atoms with van der Waals surface area (Å²) in [5.74, 6) is 0.0752. The first-order valence-electron chi connectivity index (χ1n) is 7.57. The minimum absolute atomic E-state index is 0.0752. The van der Waals surface area contributed by atoms with E-state index in [1.165, 1.54) is 0 Å². The molecule has 0 aromatic heterocycles. The molecule has 2 fully saturated rings. The van der Waals surface area contributed by atoms with Crippen molar-refractivity contribution in [3.05, 3.63) is 23.8 Å². The van der Waals surface area contributed by atoms with Gasteiger partial charge in [0, 0.05) is 32.0 Å². The van der Waals surface area contributed by atoms with Crippen molar-refractivity contribution in [1.29, 1.82) is 0 Å². The normalized spacial score (nSPS) is 24.8. The highest BCUT2D eigenvalue weighted by atomic mass is 16.5. The van der Waals surface area contributed by atoms with Gasteiger partial charge in [0.05, 0.1) is 24.3 Å². The van der Waals surface area contributed by atoms with E-state index < -0.39 is 0 Å². The molecule has 5 heteroatoms. The quantitative estimate of drug-likeness (QED) is 0.842. The SMILES string of the molecule is CN(C)c1ccc(N)cc1C(=O)N1CCOC2CCCC21. The van der Waals surface area contributed by atoms with Crippen molar-refractivity contribution in [1.82, 2.24) is 4.90 Å². The molecule has 1 aromatic rings. The fourth-order valence-corrected chi connectivity index (χ4v) is 3.45. The molecule has 2 unspecified atom stereocenters. The minimum atomic E-state index is 0.0752. The maximum atomic E-state index is 13.0. The van der Waals surface area contributed by atoms with Gasteiger partial charge in [-0.3, -0.25) is 4.79 Å². The van der Waals surface area contributed by atoms with E-state index in [1.807, 2.05) is 36.0 Å². The lowest BCUT2D eigenvalue weighted by Crippen LogP contribution is -2.51. The fourth-order valence-electron chi connectivity index (χ4n) is 3.45. The lowest BCUT2D eigenvalue weighted by Gasteiger charge is -2.38. The van der Waals surface area contributed by atoms with E-state index in [0.29, 0.717) is 24.4 Å². The third-order valence-electron chi connectivity index (χ3n) is 4.48. The van der Waals surface area contributed by atoms with Gasteiger partial charge in [0.25, 0.3) is 5.91 Å². The highest BCUT2D eigenvalue weighted by Gasteiger charge is 2.39. The first kappa shape index (κ1) is 14.2. The molecule has 1 amide bonds. The maximum absolute atomic E-state index is 13.0. The Labute approximate surface area is 125 Å². The summed E-state index contributed by atoms with van der Waals surface area (Å²) in [6.45, 7) is 1.30. The summed E-state index contributed by atoms with van der Waals surface area (Å²) in [5.41, 5.74) is 8.11. The summed E-state index contributed by atoms with van der Waals surface area (Å²) in [7, 11) is 3.89. The number of morpholine rings is 1. The molecule has 0 bridgehead atoms. The zero-order valence-electron chi connectivity index (χ0n) is 12.7. The van der Waals surface area contributed by atoms with Crippen molar-refractivity contribution in [2.24, 2.45) is 0 Å². The van der Waals surface area contributed by atoms with Crippen molar-refractivity contribution in [2.45, 2.75) is 31.4 Å². The van der Waals surface area contributed by atoms with Crippen LogP contribution >= 0.6 is 0 Å². The third kappa shape index (κ3) is 2.58. The summed E-state index contributed by atoms with van der Waals surface area (Å²) in [6.07, 6.45) is 3.45.